The number of nitrogen functional groups attached to an aromatic ring is 1. The van der Waals surface area contributed by atoms with Crippen molar-refractivity contribution in [3.8, 4) is 0 Å². The molecule has 3 aromatic heterocycles. The van der Waals surface area contributed by atoms with Gasteiger partial charge in [-0.15, -0.1) is 0 Å². The predicted octanol–water partition coefficient (Wildman–Crippen LogP) is 2.24. The van der Waals surface area contributed by atoms with Gasteiger partial charge in [0, 0.05) is 31.0 Å². The first kappa shape index (κ1) is 37.7. The van der Waals surface area contributed by atoms with Crippen LogP contribution < -0.4 is 15.9 Å². The lowest BCUT2D eigenvalue weighted by molar-refractivity contribution is -0.746. The minimum Gasteiger partial charge on any atom is -0.425 e. The standard InChI is InChI=1S/C27H34N8O14P2/c1-27(2,3)21(15-8-6-7-9-16(15)35(38)39)48-26(37)47-19-17(12-45-51(42,43)49-50(40,41)33-11-10-29-13-33)46-24(20(19)44-5)34-14-32(4)18-22(34)30-25(28)31-23(18)36/h6-11,13-14,17,19-21,24H,12H2,1-5H3,(H4-,28,30,31,36,40,41,42,43)/p+1/t17-,19?,20+,21?,24-/m1/s1. The van der Waals surface area contributed by atoms with Crippen molar-refractivity contribution in [1.29, 1.82) is 0 Å². The normalized spacial score (nSPS) is 22.3. The summed E-state index contributed by atoms with van der Waals surface area (Å²) in [6.45, 7) is 4.15. The lowest BCUT2D eigenvalue weighted by Crippen LogP contribution is -2.48. The zero-order valence-electron chi connectivity index (χ0n) is 27.7. The van der Waals surface area contributed by atoms with Crippen molar-refractivity contribution in [1.82, 2.24) is 23.9 Å². The zero-order chi connectivity index (χ0) is 37.5. The molecule has 1 aromatic carbocycles. The molecule has 5 rings (SSSR count). The molecule has 0 saturated carbocycles. The van der Waals surface area contributed by atoms with Crippen molar-refractivity contribution < 1.29 is 61.0 Å². The number of nitrogens with zero attached hydrogens (tertiary/aromatic N) is 6. The number of hydrogen-bond donors (Lipinski definition) is 4. The second kappa shape index (κ2) is 14.2. The Morgan fingerprint density at radius 3 is 2.59 bits per heavy atom. The van der Waals surface area contributed by atoms with Crippen LogP contribution in [0.1, 0.15) is 38.7 Å². The molecule has 1 aliphatic rings. The topological polar surface area (TPSA) is 289 Å². The maximum Gasteiger partial charge on any atom is 0.509 e. The van der Waals surface area contributed by atoms with Gasteiger partial charge in [-0.2, -0.15) is 4.31 Å². The van der Waals surface area contributed by atoms with Crippen molar-refractivity contribution in [3.05, 3.63) is 75.3 Å². The molecule has 0 aliphatic carbocycles. The average Bonchev–Trinajstić information content (AvgIpc) is 3.76. The van der Waals surface area contributed by atoms with E-state index in [-0.39, 0.29) is 28.4 Å². The van der Waals surface area contributed by atoms with E-state index >= 15 is 0 Å². The van der Waals surface area contributed by atoms with Crippen molar-refractivity contribution in [2.75, 3.05) is 19.5 Å². The van der Waals surface area contributed by atoms with Crippen LogP contribution in [0, 0.1) is 15.5 Å². The molecule has 1 aliphatic heterocycles. The number of carbonyl (C=O) groups excluding carboxylic acids is 1. The number of phosphoric acid groups is 1. The summed E-state index contributed by atoms with van der Waals surface area (Å²) in [4.78, 5) is 68.2. The van der Waals surface area contributed by atoms with E-state index in [1.807, 2.05) is 0 Å². The number of aromatic amines is 1. The second-order valence-corrected chi connectivity index (χ2v) is 15.6. The third-order valence-corrected chi connectivity index (χ3v) is 10.6. The highest BCUT2D eigenvalue weighted by atomic mass is 31.3. The van der Waals surface area contributed by atoms with Crippen LogP contribution in [-0.2, 0) is 44.0 Å². The largest absolute Gasteiger partial charge is 0.509 e. The van der Waals surface area contributed by atoms with Gasteiger partial charge in [-0.05, 0) is 6.07 Å². The monoisotopic (exact) mass is 757 g/mol. The molecule has 5 N–H and O–H groups in total. The fourth-order valence-electron chi connectivity index (χ4n) is 5.50. The van der Waals surface area contributed by atoms with Crippen molar-refractivity contribution in [2.24, 2.45) is 12.5 Å². The molecule has 1 saturated heterocycles. The van der Waals surface area contributed by atoms with E-state index in [9.17, 15) is 38.6 Å². The molecule has 0 spiro atoms. The van der Waals surface area contributed by atoms with Gasteiger partial charge in [0.25, 0.3) is 17.2 Å². The Labute approximate surface area is 288 Å². The smallest absolute Gasteiger partial charge is 0.425 e. The SMILES string of the molecule is CO[C@H]1C(OC(=O)OC(c2ccccc2[N+](=O)[O-])C(C)(C)C)[C@@H](COP(=O)(O)OP(=O)(O)n2ccnc2)O[C@H]1[n+]1cn(C)c2c(=O)[nH]c(N)nc21. The van der Waals surface area contributed by atoms with Crippen LogP contribution in [0.4, 0.5) is 16.4 Å². The molecular formula is C27H35N8O14P2+. The zero-order valence-corrected chi connectivity index (χ0v) is 29.4. The van der Waals surface area contributed by atoms with E-state index in [4.69, 9.17) is 29.2 Å². The fraction of sp³-hybridized carbons (Fsp3) is 0.444. The summed E-state index contributed by atoms with van der Waals surface area (Å²) in [6, 6.07) is 5.69. The number of rotatable bonds is 12. The Bertz CT molecular complexity index is 2080. The lowest BCUT2D eigenvalue weighted by atomic mass is 9.84. The number of fused-ring (bicyclic) bond motifs is 1. The molecule has 24 heteroatoms. The maximum atomic E-state index is 13.5. The van der Waals surface area contributed by atoms with Crippen molar-refractivity contribution in [3.63, 3.8) is 0 Å². The molecule has 4 heterocycles. The first-order valence-corrected chi connectivity index (χ1v) is 17.9. The maximum absolute atomic E-state index is 13.5. The van der Waals surface area contributed by atoms with Crippen LogP contribution in [0.15, 0.2) is 54.1 Å². The van der Waals surface area contributed by atoms with Gasteiger partial charge in [0.1, 0.15) is 18.5 Å². The molecule has 7 atom stereocenters. The summed E-state index contributed by atoms with van der Waals surface area (Å²) >= 11 is 0. The Hall–Kier alpha value is -4.53. The van der Waals surface area contributed by atoms with Gasteiger partial charge in [0.15, 0.2) is 18.5 Å². The number of phosphoric ester groups is 1. The Morgan fingerprint density at radius 2 is 1.96 bits per heavy atom. The Morgan fingerprint density at radius 1 is 1.25 bits per heavy atom. The molecule has 4 aromatic rings. The highest BCUT2D eigenvalue weighted by molar-refractivity contribution is 7.63. The molecule has 0 radical (unpaired) electrons. The minimum absolute atomic E-state index is 0.0237. The van der Waals surface area contributed by atoms with Crippen LogP contribution in [-0.4, -0.2) is 76.8 Å². The van der Waals surface area contributed by atoms with E-state index in [0.29, 0.717) is 4.34 Å². The molecule has 22 nitrogen and oxygen atoms in total. The number of hydrogen-bond acceptors (Lipinski definition) is 15. The van der Waals surface area contributed by atoms with Gasteiger partial charge >= 0.3 is 27.4 Å². The third kappa shape index (κ3) is 8.03. The molecule has 1 fully saturated rings. The van der Waals surface area contributed by atoms with E-state index in [0.717, 1.165) is 18.7 Å². The molecule has 4 unspecified atom stereocenters. The van der Waals surface area contributed by atoms with Crippen LogP contribution in [0.5, 0.6) is 0 Å². The number of nitro groups is 1. The second-order valence-electron chi connectivity index (χ2n) is 12.3. The van der Waals surface area contributed by atoms with E-state index in [1.165, 1.54) is 47.8 Å². The summed E-state index contributed by atoms with van der Waals surface area (Å²) in [5, 5.41) is 11.8. The average molecular weight is 758 g/mol. The predicted molar refractivity (Wildman–Crippen MR) is 172 cm³/mol. The molecule has 0 amide bonds. The van der Waals surface area contributed by atoms with E-state index < -0.39 is 74.9 Å². The first-order chi connectivity index (χ1) is 23.8. The quantitative estimate of drug-likeness (QED) is 0.0530. The highest BCUT2D eigenvalue weighted by Gasteiger charge is 2.53. The highest BCUT2D eigenvalue weighted by Crippen LogP contribution is 2.60. The number of benzene rings is 1. The van der Waals surface area contributed by atoms with Gasteiger partial charge in [-0.3, -0.25) is 29.0 Å². The molecule has 51 heavy (non-hydrogen) atoms. The number of aromatic nitrogens is 6. The van der Waals surface area contributed by atoms with E-state index in [1.54, 1.807) is 26.8 Å². The number of methoxy groups -OCH3 is 1. The Balaban J connectivity index is 1.48. The lowest BCUT2D eigenvalue weighted by Gasteiger charge is -2.31. The summed E-state index contributed by atoms with van der Waals surface area (Å²) in [5.74, 6) is -0.233. The number of nitrogens with one attached hydrogen (secondary N) is 1. The molecule has 276 valence electrons. The van der Waals surface area contributed by atoms with Gasteiger partial charge in [0.2, 0.25) is 11.7 Å². The number of H-pyrrole nitrogens is 1. The molecular weight excluding hydrogens is 722 g/mol. The minimum atomic E-state index is -5.34. The fourth-order valence-corrected chi connectivity index (χ4v) is 7.86. The number of nitro benzene ring substituents is 1. The van der Waals surface area contributed by atoms with E-state index in [2.05, 4.69) is 19.3 Å². The third-order valence-electron chi connectivity index (χ3n) is 7.66. The van der Waals surface area contributed by atoms with Crippen LogP contribution >= 0.6 is 15.6 Å². The molecule has 0 bridgehead atoms. The Kier molecular flexibility index (Phi) is 10.5. The van der Waals surface area contributed by atoms with Gasteiger partial charge < -0.3 is 34.5 Å². The van der Waals surface area contributed by atoms with Gasteiger partial charge in [-0.25, -0.2) is 27.8 Å². The van der Waals surface area contributed by atoms with Crippen LogP contribution in [0.25, 0.3) is 11.2 Å². The number of carbonyl (C=O) groups is 1. The number of nitrogens with two attached hydrogens (primary N) is 1. The van der Waals surface area contributed by atoms with Gasteiger partial charge in [0.05, 0.1) is 24.1 Å². The van der Waals surface area contributed by atoms with Crippen LogP contribution in [0.3, 0.4) is 0 Å². The first-order valence-electron chi connectivity index (χ1n) is 14.9. The summed E-state index contributed by atoms with van der Waals surface area (Å²) in [7, 11) is -7.52. The van der Waals surface area contributed by atoms with Crippen molar-refractivity contribution in [2.45, 2.75) is 51.4 Å². The summed E-state index contributed by atoms with van der Waals surface area (Å²) in [5.41, 5.74) is 4.19. The summed E-state index contributed by atoms with van der Waals surface area (Å²) < 4.78 is 61.5. The number of imidazole rings is 2. The van der Waals surface area contributed by atoms with Crippen molar-refractivity contribution >= 4 is 44.5 Å². The number of para-hydroxylation sites is 1. The summed E-state index contributed by atoms with van der Waals surface area (Å²) in [6.07, 6.45) is -3.63. The van der Waals surface area contributed by atoms with Crippen LogP contribution in [0.2, 0.25) is 0 Å². The number of ether oxygens (including phenoxy) is 4. The number of anilines is 1. The number of aryl methyl sites for hydroxylation is 1. The van der Waals surface area contributed by atoms with Gasteiger partial charge in [-0.1, -0.05) is 37.9 Å².